The number of nitrogens with zero attached hydrogens (tertiary/aromatic N) is 2. The number of piperidine rings is 1. The number of likely N-dealkylation sites (tertiary alicyclic amines) is 1. The molecule has 0 radical (unpaired) electrons. The van der Waals surface area contributed by atoms with Crippen LogP contribution >= 0.6 is 0 Å². The number of sulfone groups is 1. The molecule has 1 heterocycles. The highest BCUT2D eigenvalue weighted by Crippen LogP contribution is 2.21. The van der Waals surface area contributed by atoms with Gasteiger partial charge in [-0.3, -0.25) is 0 Å². The summed E-state index contributed by atoms with van der Waals surface area (Å²) in [4.78, 5) is 7.16. The lowest BCUT2D eigenvalue weighted by Crippen LogP contribution is -2.48. The van der Waals surface area contributed by atoms with E-state index in [1.807, 2.05) is 24.3 Å². The Morgan fingerprint density at radius 1 is 1.16 bits per heavy atom. The van der Waals surface area contributed by atoms with Gasteiger partial charge in [0.2, 0.25) is 0 Å². The van der Waals surface area contributed by atoms with E-state index >= 15 is 0 Å². The van der Waals surface area contributed by atoms with Crippen LogP contribution in [0, 0.1) is 11.8 Å². The van der Waals surface area contributed by atoms with E-state index in [0.29, 0.717) is 18.4 Å². The van der Waals surface area contributed by atoms with E-state index in [1.54, 1.807) is 0 Å². The number of rotatable bonds is 5. The summed E-state index contributed by atoms with van der Waals surface area (Å²) < 4.78 is 22.7. The highest BCUT2D eigenvalue weighted by Gasteiger charge is 2.23. The molecule has 6 heteroatoms. The molecule has 2 unspecified atom stereocenters. The minimum atomic E-state index is -2.99. The van der Waals surface area contributed by atoms with E-state index in [0.717, 1.165) is 36.7 Å². The van der Waals surface area contributed by atoms with Crippen molar-refractivity contribution in [3.63, 3.8) is 0 Å². The molecule has 0 spiro atoms. The molecule has 0 aliphatic carbocycles. The zero-order valence-electron chi connectivity index (χ0n) is 15.8. The van der Waals surface area contributed by atoms with E-state index < -0.39 is 9.84 Å². The van der Waals surface area contributed by atoms with Gasteiger partial charge in [-0.15, -0.1) is 0 Å². The Balaban J connectivity index is 2.05. The fourth-order valence-electron chi connectivity index (χ4n) is 3.47. The van der Waals surface area contributed by atoms with Gasteiger partial charge in [0.15, 0.2) is 15.8 Å². The molecule has 0 aromatic heterocycles. The van der Waals surface area contributed by atoms with Gasteiger partial charge in [-0.1, -0.05) is 38.1 Å². The summed E-state index contributed by atoms with van der Waals surface area (Å²) in [6, 6.07) is 7.69. The average Bonchev–Trinajstić information content (AvgIpc) is 2.50. The molecular formula is C19H31N3O2S. The van der Waals surface area contributed by atoms with Crippen LogP contribution in [0.4, 0.5) is 0 Å². The number of nitrogens with one attached hydrogen (secondary N) is 1. The predicted octanol–water partition coefficient (Wildman–Crippen LogP) is 2.67. The number of guanidine groups is 1. The SMILES string of the molecule is CCNC(=NCc1ccc(CS(C)(=O)=O)cc1)N1CC(C)CC(C)C1. The number of hydrogen-bond donors (Lipinski definition) is 1. The number of benzene rings is 1. The third-order valence-corrected chi connectivity index (χ3v) is 5.22. The van der Waals surface area contributed by atoms with Crippen LogP contribution in [0.2, 0.25) is 0 Å². The number of aliphatic imine (C=N–C) groups is 1. The zero-order chi connectivity index (χ0) is 18.4. The normalized spacial score (nSPS) is 22.1. The van der Waals surface area contributed by atoms with Crippen molar-refractivity contribution >= 4 is 15.8 Å². The van der Waals surface area contributed by atoms with Crippen LogP contribution in [0.5, 0.6) is 0 Å². The van der Waals surface area contributed by atoms with Crippen LogP contribution in [0.3, 0.4) is 0 Å². The molecule has 1 aromatic rings. The molecule has 1 N–H and O–H groups in total. The van der Waals surface area contributed by atoms with E-state index in [-0.39, 0.29) is 5.75 Å². The van der Waals surface area contributed by atoms with Crippen LogP contribution in [0.15, 0.2) is 29.3 Å². The van der Waals surface area contributed by atoms with Crippen LogP contribution in [-0.2, 0) is 22.1 Å². The third-order valence-electron chi connectivity index (χ3n) is 4.37. The Morgan fingerprint density at radius 2 is 1.72 bits per heavy atom. The Bertz CT molecular complexity index is 673. The second-order valence-corrected chi connectivity index (χ2v) is 9.55. The summed E-state index contributed by atoms with van der Waals surface area (Å²) in [5.41, 5.74) is 1.91. The molecule has 25 heavy (non-hydrogen) atoms. The first-order chi connectivity index (χ1) is 11.8. The second-order valence-electron chi connectivity index (χ2n) is 7.41. The van der Waals surface area contributed by atoms with Crippen LogP contribution in [0.1, 0.15) is 38.3 Å². The van der Waals surface area contributed by atoms with Crippen molar-refractivity contribution in [2.45, 2.75) is 39.5 Å². The Labute approximate surface area is 152 Å². The molecule has 1 saturated heterocycles. The maximum absolute atomic E-state index is 11.4. The molecule has 0 saturated carbocycles. The van der Waals surface area contributed by atoms with Gasteiger partial charge in [-0.2, -0.15) is 0 Å². The molecule has 2 rings (SSSR count). The van der Waals surface area contributed by atoms with E-state index in [4.69, 9.17) is 4.99 Å². The largest absolute Gasteiger partial charge is 0.357 e. The van der Waals surface area contributed by atoms with Crippen molar-refractivity contribution in [3.8, 4) is 0 Å². The van der Waals surface area contributed by atoms with Gasteiger partial charge >= 0.3 is 0 Å². The van der Waals surface area contributed by atoms with Crippen LogP contribution in [0.25, 0.3) is 0 Å². The first-order valence-electron chi connectivity index (χ1n) is 9.05. The topological polar surface area (TPSA) is 61.8 Å². The molecule has 0 bridgehead atoms. The van der Waals surface area contributed by atoms with Gasteiger partial charge in [0.05, 0.1) is 12.3 Å². The molecule has 2 atom stereocenters. The fourth-order valence-corrected chi connectivity index (χ4v) is 4.27. The van der Waals surface area contributed by atoms with Crippen molar-refractivity contribution in [2.75, 3.05) is 25.9 Å². The minimum absolute atomic E-state index is 0.0861. The first-order valence-corrected chi connectivity index (χ1v) is 11.1. The Kier molecular flexibility index (Phi) is 6.87. The quantitative estimate of drug-likeness (QED) is 0.644. The lowest BCUT2D eigenvalue weighted by Gasteiger charge is -2.37. The highest BCUT2D eigenvalue weighted by atomic mass is 32.2. The van der Waals surface area contributed by atoms with Gasteiger partial charge in [0.25, 0.3) is 0 Å². The van der Waals surface area contributed by atoms with Crippen molar-refractivity contribution in [1.29, 1.82) is 0 Å². The molecule has 5 nitrogen and oxygen atoms in total. The summed E-state index contributed by atoms with van der Waals surface area (Å²) in [6.45, 7) is 10.2. The molecule has 140 valence electrons. The Morgan fingerprint density at radius 3 is 2.24 bits per heavy atom. The van der Waals surface area contributed by atoms with Gasteiger partial charge in [0.1, 0.15) is 0 Å². The van der Waals surface area contributed by atoms with Crippen LogP contribution < -0.4 is 5.32 Å². The van der Waals surface area contributed by atoms with Crippen molar-refractivity contribution in [2.24, 2.45) is 16.8 Å². The minimum Gasteiger partial charge on any atom is -0.357 e. The molecule has 1 aromatic carbocycles. The molecule has 1 aliphatic heterocycles. The summed E-state index contributed by atoms with van der Waals surface area (Å²) >= 11 is 0. The lowest BCUT2D eigenvalue weighted by atomic mass is 9.92. The van der Waals surface area contributed by atoms with E-state index in [1.165, 1.54) is 12.7 Å². The standard InChI is InChI=1S/C19H31N3O2S/c1-5-20-19(22-12-15(2)10-16(3)13-22)21-11-17-6-8-18(9-7-17)14-25(4,23)24/h6-9,15-16H,5,10-14H2,1-4H3,(H,20,21). The summed E-state index contributed by atoms with van der Waals surface area (Å²) in [6.07, 6.45) is 2.53. The van der Waals surface area contributed by atoms with Crippen molar-refractivity contribution < 1.29 is 8.42 Å². The molecule has 0 amide bonds. The maximum atomic E-state index is 11.4. The lowest BCUT2D eigenvalue weighted by molar-refractivity contribution is 0.208. The van der Waals surface area contributed by atoms with Gasteiger partial charge in [-0.05, 0) is 36.3 Å². The van der Waals surface area contributed by atoms with E-state index in [2.05, 4.69) is 31.0 Å². The monoisotopic (exact) mass is 365 g/mol. The maximum Gasteiger partial charge on any atom is 0.194 e. The summed E-state index contributed by atoms with van der Waals surface area (Å²) in [7, 11) is -2.99. The van der Waals surface area contributed by atoms with Gasteiger partial charge in [-0.25, -0.2) is 13.4 Å². The zero-order valence-corrected chi connectivity index (χ0v) is 16.6. The van der Waals surface area contributed by atoms with Gasteiger partial charge in [0, 0.05) is 25.9 Å². The van der Waals surface area contributed by atoms with Crippen molar-refractivity contribution in [1.82, 2.24) is 10.2 Å². The summed E-state index contributed by atoms with van der Waals surface area (Å²) in [5, 5.41) is 3.40. The number of hydrogen-bond acceptors (Lipinski definition) is 3. The smallest absolute Gasteiger partial charge is 0.194 e. The van der Waals surface area contributed by atoms with Gasteiger partial charge < -0.3 is 10.2 Å². The highest BCUT2D eigenvalue weighted by molar-refractivity contribution is 7.89. The second kappa shape index (κ2) is 8.70. The first kappa shape index (κ1) is 19.8. The van der Waals surface area contributed by atoms with Crippen LogP contribution in [-0.4, -0.2) is 45.2 Å². The summed E-state index contributed by atoms with van der Waals surface area (Å²) in [5.74, 6) is 2.43. The third kappa shape index (κ3) is 6.69. The fraction of sp³-hybridized carbons (Fsp3) is 0.632. The molecule has 1 fully saturated rings. The molecular weight excluding hydrogens is 334 g/mol. The average molecular weight is 366 g/mol. The van der Waals surface area contributed by atoms with E-state index in [9.17, 15) is 8.42 Å². The predicted molar refractivity (Wildman–Crippen MR) is 104 cm³/mol. The Hall–Kier alpha value is -1.56. The molecule has 1 aliphatic rings. The van der Waals surface area contributed by atoms with Crippen molar-refractivity contribution in [3.05, 3.63) is 35.4 Å².